The van der Waals surface area contributed by atoms with Gasteiger partial charge in [0.15, 0.2) is 0 Å². The standard InChI is InChI=1S/C21H30N2OS/c1-19(2)15-21(16-20(3,4)24-19,18-7-5-6-10-23-18)9-11-22-13-17-8-12-25-14-17/h5-8,10,12,14,22H,9,11,13,15-16H2,1-4H3. The Kier molecular flexibility index (Phi) is 5.33. The Hall–Kier alpha value is -1.23. The number of hydrogen-bond acceptors (Lipinski definition) is 4. The summed E-state index contributed by atoms with van der Waals surface area (Å²) in [6.07, 6.45) is 5.00. The molecule has 3 nitrogen and oxygen atoms in total. The molecule has 0 bridgehead atoms. The molecule has 25 heavy (non-hydrogen) atoms. The van der Waals surface area contributed by atoms with Crippen molar-refractivity contribution in [2.45, 2.75) is 70.1 Å². The lowest BCUT2D eigenvalue weighted by Crippen LogP contribution is -2.53. The van der Waals surface area contributed by atoms with Crippen LogP contribution in [0.15, 0.2) is 41.2 Å². The molecule has 0 atom stereocenters. The van der Waals surface area contributed by atoms with E-state index in [2.05, 4.69) is 62.0 Å². The van der Waals surface area contributed by atoms with E-state index in [-0.39, 0.29) is 16.6 Å². The predicted molar refractivity (Wildman–Crippen MR) is 105 cm³/mol. The molecule has 0 aromatic carbocycles. The molecule has 4 heteroatoms. The first-order chi connectivity index (χ1) is 11.8. The molecule has 3 heterocycles. The molecule has 3 rings (SSSR count). The van der Waals surface area contributed by atoms with Crippen LogP contribution in [-0.2, 0) is 16.7 Å². The largest absolute Gasteiger partial charge is 0.370 e. The molecular formula is C21H30N2OS. The second kappa shape index (κ2) is 7.18. The van der Waals surface area contributed by atoms with Gasteiger partial charge in [-0.3, -0.25) is 4.98 Å². The maximum atomic E-state index is 6.36. The van der Waals surface area contributed by atoms with Gasteiger partial charge < -0.3 is 10.1 Å². The molecule has 0 radical (unpaired) electrons. The SMILES string of the molecule is CC1(C)CC(CCNCc2ccsc2)(c2ccccn2)CC(C)(C)O1. The van der Waals surface area contributed by atoms with E-state index in [0.29, 0.717) is 0 Å². The molecule has 1 aliphatic heterocycles. The molecule has 2 aromatic heterocycles. The lowest BCUT2D eigenvalue weighted by molar-refractivity contribution is -0.181. The highest BCUT2D eigenvalue weighted by Gasteiger charge is 2.49. The van der Waals surface area contributed by atoms with Crippen molar-refractivity contribution in [1.29, 1.82) is 0 Å². The van der Waals surface area contributed by atoms with Crippen molar-refractivity contribution >= 4 is 11.3 Å². The first-order valence-corrected chi connectivity index (χ1v) is 10.1. The Morgan fingerprint density at radius 2 is 1.88 bits per heavy atom. The Balaban J connectivity index is 1.77. The number of nitrogens with one attached hydrogen (secondary N) is 1. The van der Waals surface area contributed by atoms with Gasteiger partial charge in [0.25, 0.3) is 0 Å². The van der Waals surface area contributed by atoms with Gasteiger partial charge in [0.05, 0.1) is 11.2 Å². The second-order valence-corrected chi connectivity index (χ2v) is 9.31. The third-order valence-electron chi connectivity index (χ3n) is 4.98. The molecular weight excluding hydrogens is 328 g/mol. The summed E-state index contributed by atoms with van der Waals surface area (Å²) >= 11 is 1.75. The van der Waals surface area contributed by atoms with E-state index in [4.69, 9.17) is 9.72 Å². The van der Waals surface area contributed by atoms with Crippen LogP contribution in [0.3, 0.4) is 0 Å². The van der Waals surface area contributed by atoms with Crippen molar-refractivity contribution in [1.82, 2.24) is 10.3 Å². The normalized spacial score (nSPS) is 21.1. The maximum Gasteiger partial charge on any atom is 0.0642 e. The van der Waals surface area contributed by atoms with Crippen LogP contribution in [-0.4, -0.2) is 22.7 Å². The van der Waals surface area contributed by atoms with E-state index in [1.54, 1.807) is 11.3 Å². The molecule has 1 aliphatic rings. The zero-order valence-electron chi connectivity index (χ0n) is 15.8. The third kappa shape index (κ3) is 4.69. The Morgan fingerprint density at radius 1 is 1.12 bits per heavy atom. The van der Waals surface area contributed by atoms with Crippen molar-refractivity contribution < 1.29 is 4.74 Å². The van der Waals surface area contributed by atoms with E-state index in [1.807, 2.05) is 12.3 Å². The molecule has 0 aliphatic carbocycles. The summed E-state index contributed by atoms with van der Waals surface area (Å²) in [5, 5.41) is 7.97. The van der Waals surface area contributed by atoms with Gasteiger partial charge >= 0.3 is 0 Å². The summed E-state index contributed by atoms with van der Waals surface area (Å²) in [7, 11) is 0. The van der Waals surface area contributed by atoms with Crippen molar-refractivity contribution in [2.24, 2.45) is 0 Å². The molecule has 0 saturated carbocycles. The highest BCUT2D eigenvalue weighted by molar-refractivity contribution is 7.07. The van der Waals surface area contributed by atoms with Gasteiger partial charge in [0.1, 0.15) is 0 Å². The zero-order chi connectivity index (χ0) is 18.0. The number of aromatic nitrogens is 1. The van der Waals surface area contributed by atoms with E-state index in [9.17, 15) is 0 Å². The third-order valence-corrected chi connectivity index (χ3v) is 5.71. The smallest absolute Gasteiger partial charge is 0.0642 e. The van der Waals surface area contributed by atoms with Crippen LogP contribution in [0.4, 0.5) is 0 Å². The average molecular weight is 359 g/mol. The number of thiophene rings is 1. The van der Waals surface area contributed by atoms with Gasteiger partial charge in [-0.25, -0.2) is 0 Å². The van der Waals surface area contributed by atoms with Crippen molar-refractivity contribution in [2.75, 3.05) is 6.54 Å². The monoisotopic (exact) mass is 358 g/mol. The average Bonchev–Trinajstić information content (AvgIpc) is 3.03. The number of hydrogen-bond donors (Lipinski definition) is 1. The summed E-state index contributed by atoms with van der Waals surface area (Å²) in [6.45, 7) is 10.8. The summed E-state index contributed by atoms with van der Waals surface area (Å²) in [5.74, 6) is 0. The number of pyridine rings is 1. The topological polar surface area (TPSA) is 34.2 Å². The molecule has 0 spiro atoms. The Labute approximate surface area is 155 Å². The molecule has 1 N–H and O–H groups in total. The van der Waals surface area contributed by atoms with Crippen LogP contribution in [0.1, 0.15) is 58.2 Å². The summed E-state index contributed by atoms with van der Waals surface area (Å²) in [4.78, 5) is 4.75. The van der Waals surface area contributed by atoms with Gasteiger partial charge in [0.2, 0.25) is 0 Å². The number of nitrogens with zero attached hydrogens (tertiary/aromatic N) is 1. The van der Waals surface area contributed by atoms with Crippen LogP contribution < -0.4 is 5.32 Å². The minimum absolute atomic E-state index is 0.0498. The van der Waals surface area contributed by atoms with Crippen molar-refractivity contribution in [3.8, 4) is 0 Å². The van der Waals surface area contributed by atoms with Gasteiger partial charge in [-0.15, -0.1) is 0 Å². The summed E-state index contributed by atoms with van der Waals surface area (Å²) < 4.78 is 6.36. The lowest BCUT2D eigenvalue weighted by Gasteiger charge is -2.52. The zero-order valence-corrected chi connectivity index (χ0v) is 16.7. The molecule has 1 fully saturated rings. The van der Waals surface area contributed by atoms with Crippen LogP contribution in [0.5, 0.6) is 0 Å². The molecule has 0 amide bonds. The van der Waals surface area contributed by atoms with Gasteiger partial charge in [-0.05, 0) is 88.0 Å². The van der Waals surface area contributed by atoms with Crippen molar-refractivity contribution in [3.05, 3.63) is 52.5 Å². The predicted octanol–water partition coefficient (Wildman–Crippen LogP) is 4.93. The Morgan fingerprint density at radius 3 is 2.48 bits per heavy atom. The fourth-order valence-electron chi connectivity index (χ4n) is 4.63. The van der Waals surface area contributed by atoms with Crippen LogP contribution in [0.25, 0.3) is 0 Å². The van der Waals surface area contributed by atoms with E-state index >= 15 is 0 Å². The molecule has 2 aromatic rings. The molecule has 1 saturated heterocycles. The van der Waals surface area contributed by atoms with Crippen LogP contribution in [0.2, 0.25) is 0 Å². The van der Waals surface area contributed by atoms with Crippen LogP contribution in [0, 0.1) is 0 Å². The van der Waals surface area contributed by atoms with Gasteiger partial charge in [0, 0.05) is 23.9 Å². The lowest BCUT2D eigenvalue weighted by atomic mass is 9.65. The number of rotatable bonds is 6. The minimum Gasteiger partial charge on any atom is -0.370 e. The molecule has 136 valence electrons. The molecule has 0 unspecified atom stereocenters. The quantitative estimate of drug-likeness (QED) is 0.744. The highest BCUT2D eigenvalue weighted by Crippen LogP contribution is 2.49. The minimum atomic E-state index is -0.146. The fourth-order valence-corrected chi connectivity index (χ4v) is 5.30. The van der Waals surface area contributed by atoms with Crippen molar-refractivity contribution in [3.63, 3.8) is 0 Å². The first-order valence-electron chi connectivity index (χ1n) is 9.14. The highest BCUT2D eigenvalue weighted by atomic mass is 32.1. The van der Waals surface area contributed by atoms with E-state index in [0.717, 1.165) is 32.4 Å². The maximum absolute atomic E-state index is 6.36. The number of ether oxygens (including phenoxy) is 1. The first kappa shape index (κ1) is 18.6. The van der Waals surface area contributed by atoms with Crippen LogP contribution >= 0.6 is 11.3 Å². The second-order valence-electron chi connectivity index (χ2n) is 8.53. The van der Waals surface area contributed by atoms with Gasteiger partial charge in [-0.2, -0.15) is 11.3 Å². The van der Waals surface area contributed by atoms with E-state index in [1.165, 1.54) is 11.3 Å². The van der Waals surface area contributed by atoms with E-state index < -0.39 is 0 Å². The van der Waals surface area contributed by atoms with Gasteiger partial charge in [-0.1, -0.05) is 6.07 Å². The summed E-state index contributed by atoms with van der Waals surface area (Å²) in [5.41, 5.74) is 2.33. The Bertz CT molecular complexity index is 648. The fraction of sp³-hybridized carbons (Fsp3) is 0.571. The summed E-state index contributed by atoms with van der Waals surface area (Å²) in [6, 6.07) is 8.49.